The molecule has 21 heavy (non-hydrogen) atoms. The molecule has 0 saturated heterocycles. The molecule has 0 amide bonds. The van der Waals surface area contributed by atoms with Crippen molar-refractivity contribution in [1.82, 2.24) is 4.98 Å². The molecule has 0 radical (unpaired) electrons. The van der Waals surface area contributed by atoms with Gasteiger partial charge in [0.05, 0.1) is 11.1 Å². The number of hydrogen-bond acceptors (Lipinski definition) is 3. The lowest BCUT2D eigenvalue weighted by Crippen LogP contribution is -2.16. The van der Waals surface area contributed by atoms with Crippen molar-refractivity contribution in [1.29, 1.82) is 5.41 Å². The summed E-state index contributed by atoms with van der Waals surface area (Å²) >= 11 is 5.57. The predicted molar refractivity (Wildman–Crippen MR) is 75.0 cm³/mol. The third kappa shape index (κ3) is 4.09. The number of rotatable bonds is 4. The number of nitrogens with two attached hydrogens (primary N) is 1. The largest absolute Gasteiger partial charge is 0.505 e. The van der Waals surface area contributed by atoms with Crippen LogP contribution in [0.3, 0.4) is 0 Å². The minimum Gasteiger partial charge on any atom is -0.505 e. The molecule has 0 aliphatic heterocycles. The Morgan fingerprint density at radius 1 is 1.43 bits per heavy atom. The fraction of sp³-hybridized carbons (Fsp3) is 0.0769. The number of nitrogens with one attached hydrogen (secondary N) is 1. The number of allylic oxidation sites excluding steroid dienone is 2. The van der Waals surface area contributed by atoms with Crippen molar-refractivity contribution in [2.24, 2.45) is 5.73 Å². The van der Waals surface area contributed by atoms with Crippen molar-refractivity contribution >= 4 is 23.2 Å². The van der Waals surface area contributed by atoms with E-state index >= 15 is 0 Å². The molecule has 4 N–H and O–H groups in total. The van der Waals surface area contributed by atoms with Crippen LogP contribution in [0.4, 0.5) is 13.2 Å². The molecule has 112 valence electrons. The van der Waals surface area contributed by atoms with E-state index < -0.39 is 29.0 Å². The number of halogens is 4. The lowest BCUT2D eigenvalue weighted by atomic mass is 10.1. The van der Waals surface area contributed by atoms with Crippen LogP contribution in [-0.4, -0.2) is 15.9 Å². The van der Waals surface area contributed by atoms with Crippen molar-refractivity contribution < 1.29 is 18.3 Å². The first kappa shape index (κ1) is 16.8. The zero-order valence-corrected chi connectivity index (χ0v) is 11.3. The number of pyridine rings is 1. The van der Waals surface area contributed by atoms with Crippen LogP contribution in [0.15, 0.2) is 42.5 Å². The summed E-state index contributed by atoms with van der Waals surface area (Å²) in [6.45, 7) is 3.38. The fourth-order valence-corrected chi connectivity index (χ4v) is 1.58. The summed E-state index contributed by atoms with van der Waals surface area (Å²) in [4.78, 5) is 3.48. The molecule has 1 aromatic rings. The van der Waals surface area contributed by atoms with E-state index in [0.29, 0.717) is 6.07 Å². The number of alkyl halides is 3. The Kier molecular flexibility index (Phi) is 5.15. The SMILES string of the molecule is C=C/C=C\C(C(=N)N)=C(O)c1nc(Cl)ccc1C(F)(F)F. The summed E-state index contributed by atoms with van der Waals surface area (Å²) in [6, 6.07) is 1.64. The number of nitrogens with zero attached hydrogens (tertiary/aromatic N) is 1. The molecule has 0 atom stereocenters. The Morgan fingerprint density at radius 3 is 2.52 bits per heavy atom. The quantitative estimate of drug-likeness (QED) is 0.260. The number of hydrogen-bond donors (Lipinski definition) is 3. The summed E-state index contributed by atoms with van der Waals surface area (Å²) in [7, 11) is 0. The lowest BCUT2D eigenvalue weighted by Gasteiger charge is -2.13. The van der Waals surface area contributed by atoms with E-state index in [1.165, 1.54) is 12.2 Å². The first-order valence-corrected chi connectivity index (χ1v) is 5.87. The smallest absolute Gasteiger partial charge is 0.418 e. The summed E-state index contributed by atoms with van der Waals surface area (Å²) in [5.41, 5.74) is 2.94. The number of aliphatic hydroxyl groups is 1. The summed E-state index contributed by atoms with van der Waals surface area (Å²) in [5.74, 6) is -1.52. The van der Waals surface area contributed by atoms with E-state index in [1.807, 2.05) is 0 Å². The van der Waals surface area contributed by atoms with Crippen molar-refractivity contribution in [2.45, 2.75) is 6.18 Å². The number of aliphatic hydroxyl groups excluding tert-OH is 1. The molecular formula is C13H11ClF3N3O. The van der Waals surface area contributed by atoms with Gasteiger partial charge in [0.15, 0.2) is 5.76 Å². The summed E-state index contributed by atoms with van der Waals surface area (Å²) in [5, 5.41) is 17.1. The topological polar surface area (TPSA) is 83.0 Å². The van der Waals surface area contributed by atoms with Crippen LogP contribution in [-0.2, 0) is 6.18 Å². The highest BCUT2D eigenvalue weighted by molar-refractivity contribution is 6.29. The maximum Gasteiger partial charge on any atom is 0.418 e. The molecule has 4 nitrogen and oxygen atoms in total. The molecule has 1 rings (SSSR count). The maximum atomic E-state index is 12.9. The molecule has 1 heterocycles. The highest BCUT2D eigenvalue weighted by Gasteiger charge is 2.36. The second kappa shape index (κ2) is 6.45. The van der Waals surface area contributed by atoms with E-state index in [2.05, 4.69) is 11.6 Å². The minimum absolute atomic E-state index is 0.236. The van der Waals surface area contributed by atoms with Crippen LogP contribution in [0.5, 0.6) is 0 Å². The Hall–Kier alpha value is -2.28. The third-order valence-electron chi connectivity index (χ3n) is 2.34. The van der Waals surface area contributed by atoms with Crippen molar-refractivity contribution in [3.05, 3.63) is 58.9 Å². The van der Waals surface area contributed by atoms with E-state index in [1.54, 1.807) is 0 Å². The van der Waals surface area contributed by atoms with E-state index in [4.69, 9.17) is 22.7 Å². The van der Waals surface area contributed by atoms with Crippen LogP contribution in [0.2, 0.25) is 5.15 Å². The van der Waals surface area contributed by atoms with Gasteiger partial charge in [-0.05, 0) is 18.2 Å². The minimum atomic E-state index is -4.75. The van der Waals surface area contributed by atoms with E-state index in [-0.39, 0.29) is 10.7 Å². The Bertz CT molecular complexity index is 636. The number of amidine groups is 1. The van der Waals surface area contributed by atoms with Gasteiger partial charge in [-0.3, -0.25) is 5.41 Å². The Balaban J connectivity index is 3.63. The van der Waals surface area contributed by atoms with E-state index in [0.717, 1.165) is 12.1 Å². The molecule has 0 bridgehead atoms. The van der Waals surface area contributed by atoms with Gasteiger partial charge in [0.2, 0.25) is 0 Å². The zero-order valence-electron chi connectivity index (χ0n) is 10.6. The molecule has 0 aromatic carbocycles. The van der Waals surface area contributed by atoms with Crippen LogP contribution in [0.1, 0.15) is 11.3 Å². The Labute approximate surface area is 123 Å². The Morgan fingerprint density at radius 2 is 2.05 bits per heavy atom. The highest BCUT2D eigenvalue weighted by atomic mass is 35.5. The molecular weight excluding hydrogens is 307 g/mol. The van der Waals surface area contributed by atoms with Gasteiger partial charge in [-0.15, -0.1) is 0 Å². The molecule has 0 saturated carbocycles. The molecule has 0 fully saturated rings. The predicted octanol–water partition coefficient (Wildman–Crippen LogP) is 3.70. The zero-order chi connectivity index (χ0) is 16.2. The fourth-order valence-electron chi connectivity index (χ4n) is 1.43. The average Bonchev–Trinajstić information content (AvgIpc) is 2.37. The summed E-state index contributed by atoms with van der Waals surface area (Å²) < 4.78 is 38.8. The molecule has 0 spiro atoms. The molecule has 1 aromatic heterocycles. The first-order valence-electron chi connectivity index (χ1n) is 5.49. The van der Waals surface area contributed by atoms with Crippen LogP contribution in [0, 0.1) is 5.41 Å². The van der Waals surface area contributed by atoms with Gasteiger partial charge in [-0.1, -0.05) is 30.3 Å². The second-order valence-corrected chi connectivity index (χ2v) is 4.19. The van der Waals surface area contributed by atoms with Crippen molar-refractivity contribution in [3.63, 3.8) is 0 Å². The third-order valence-corrected chi connectivity index (χ3v) is 2.55. The first-order chi connectivity index (χ1) is 9.68. The lowest BCUT2D eigenvalue weighted by molar-refractivity contribution is -0.138. The van der Waals surface area contributed by atoms with Crippen molar-refractivity contribution in [3.8, 4) is 0 Å². The van der Waals surface area contributed by atoms with Gasteiger partial charge in [0, 0.05) is 0 Å². The molecule has 0 aliphatic rings. The summed E-state index contributed by atoms with van der Waals surface area (Å²) in [6.07, 6.45) is -0.977. The van der Waals surface area contributed by atoms with Gasteiger partial charge in [-0.2, -0.15) is 13.2 Å². The van der Waals surface area contributed by atoms with Gasteiger partial charge < -0.3 is 10.8 Å². The maximum absolute atomic E-state index is 12.9. The molecule has 0 aliphatic carbocycles. The average molecular weight is 318 g/mol. The van der Waals surface area contributed by atoms with Crippen LogP contribution >= 0.6 is 11.6 Å². The molecule has 8 heteroatoms. The van der Waals surface area contributed by atoms with E-state index in [9.17, 15) is 18.3 Å². The normalized spacial score (nSPS) is 13.1. The monoisotopic (exact) mass is 317 g/mol. The van der Waals surface area contributed by atoms with Gasteiger partial charge in [0.25, 0.3) is 0 Å². The molecule has 0 unspecified atom stereocenters. The highest BCUT2D eigenvalue weighted by Crippen LogP contribution is 2.35. The van der Waals surface area contributed by atoms with Gasteiger partial charge in [-0.25, -0.2) is 4.98 Å². The van der Waals surface area contributed by atoms with Gasteiger partial charge in [0.1, 0.15) is 16.7 Å². The number of aromatic nitrogens is 1. The van der Waals surface area contributed by atoms with Crippen molar-refractivity contribution in [2.75, 3.05) is 0 Å². The standard InChI is InChI=1S/C13H11ClF3N3O/c1-2-3-4-7(12(18)19)11(21)10-8(13(15,16)17)5-6-9(14)20-10/h2-6,21H,1H2,(H3,18,19)/b4-3-,11-7?. The van der Waals surface area contributed by atoms with Gasteiger partial charge >= 0.3 is 6.18 Å². The van der Waals surface area contributed by atoms with Crippen LogP contribution < -0.4 is 5.73 Å². The second-order valence-electron chi connectivity index (χ2n) is 3.80. The van der Waals surface area contributed by atoms with Crippen LogP contribution in [0.25, 0.3) is 5.76 Å².